The van der Waals surface area contributed by atoms with Crippen molar-refractivity contribution in [1.29, 1.82) is 0 Å². The highest BCUT2D eigenvalue weighted by Crippen LogP contribution is 2.09. The lowest BCUT2D eigenvalue weighted by Crippen LogP contribution is -2.05. The molecule has 3 heteroatoms. The molecule has 0 saturated carbocycles. The first-order valence-corrected chi connectivity index (χ1v) is 4.41. The molecule has 12 heavy (non-hydrogen) atoms. The molecule has 72 valence electrons. The van der Waals surface area contributed by atoms with Crippen molar-refractivity contribution >= 4 is 5.97 Å². The Morgan fingerprint density at radius 1 is 1.50 bits per heavy atom. The fourth-order valence-electron chi connectivity index (χ4n) is 0.988. The zero-order valence-electron chi connectivity index (χ0n) is 7.88. The molecule has 0 aliphatic carbocycles. The molecule has 1 N–H and O–H groups in total. The summed E-state index contributed by atoms with van der Waals surface area (Å²) in [6.07, 6.45) is 2.72. The topological polar surface area (TPSA) is 46.5 Å². The maximum atomic E-state index is 10.4. The first-order valence-electron chi connectivity index (χ1n) is 4.41. The van der Waals surface area contributed by atoms with Crippen LogP contribution in [0.4, 0.5) is 0 Å². The van der Waals surface area contributed by atoms with Gasteiger partial charge in [0.15, 0.2) is 0 Å². The molecule has 1 atom stereocenters. The number of rotatable bonds is 6. The van der Waals surface area contributed by atoms with E-state index in [1.54, 1.807) is 0 Å². The summed E-state index contributed by atoms with van der Waals surface area (Å²) in [6, 6.07) is 0. The quantitative estimate of drug-likeness (QED) is 0.618. The number of carbonyl (C=O) groups is 1. The lowest BCUT2D eigenvalue weighted by atomic mass is 10.0. The third-order valence-corrected chi connectivity index (χ3v) is 1.77. The highest BCUT2D eigenvalue weighted by molar-refractivity contribution is 5.65. The van der Waals surface area contributed by atoms with E-state index in [-0.39, 0.29) is 12.6 Å². The highest BCUT2D eigenvalue weighted by atomic mass is 16.5. The predicted octanol–water partition coefficient (Wildman–Crippen LogP) is 1.35. The van der Waals surface area contributed by atoms with E-state index in [4.69, 9.17) is 9.84 Å². The molecule has 0 aromatic rings. The van der Waals surface area contributed by atoms with Crippen LogP contribution in [0.5, 0.6) is 0 Å². The maximum Gasteiger partial charge on any atom is 0.302 e. The second kappa shape index (κ2) is 7.10. The predicted molar refractivity (Wildman–Crippen MR) is 46.7 cm³/mol. The molecule has 0 bridgehead atoms. The fourth-order valence-corrected chi connectivity index (χ4v) is 0.988. The Kier molecular flexibility index (Phi) is 6.76. The molecule has 0 aromatic carbocycles. The van der Waals surface area contributed by atoms with Crippen LogP contribution in [0.3, 0.4) is 0 Å². The van der Waals surface area contributed by atoms with Crippen molar-refractivity contribution in [2.75, 3.05) is 13.2 Å². The summed E-state index contributed by atoms with van der Waals surface area (Å²) in [7, 11) is 0. The van der Waals surface area contributed by atoms with E-state index in [1.165, 1.54) is 6.92 Å². The van der Waals surface area contributed by atoms with Gasteiger partial charge < -0.3 is 9.84 Å². The van der Waals surface area contributed by atoms with Gasteiger partial charge in [0, 0.05) is 13.5 Å². The molecule has 0 spiro atoms. The Morgan fingerprint density at radius 2 is 2.17 bits per heavy atom. The first kappa shape index (κ1) is 11.4. The largest absolute Gasteiger partial charge is 0.466 e. The van der Waals surface area contributed by atoms with Crippen molar-refractivity contribution in [1.82, 2.24) is 0 Å². The molecule has 0 radical (unpaired) electrons. The van der Waals surface area contributed by atoms with Crippen LogP contribution in [-0.4, -0.2) is 24.3 Å². The van der Waals surface area contributed by atoms with Gasteiger partial charge >= 0.3 is 5.97 Å². The Hall–Kier alpha value is -0.570. The van der Waals surface area contributed by atoms with E-state index in [9.17, 15) is 4.79 Å². The number of carbonyl (C=O) groups excluding carboxylic acids is 1. The van der Waals surface area contributed by atoms with Gasteiger partial charge in [0.25, 0.3) is 0 Å². The summed E-state index contributed by atoms with van der Waals surface area (Å²) in [5.41, 5.74) is 0. The molecule has 0 heterocycles. The molecule has 0 aromatic heterocycles. The van der Waals surface area contributed by atoms with Gasteiger partial charge in [-0.25, -0.2) is 0 Å². The molecule has 0 amide bonds. The highest BCUT2D eigenvalue weighted by Gasteiger charge is 2.02. The lowest BCUT2D eigenvalue weighted by molar-refractivity contribution is -0.141. The minimum absolute atomic E-state index is 0.218. The summed E-state index contributed by atoms with van der Waals surface area (Å²) in [4.78, 5) is 10.4. The van der Waals surface area contributed by atoms with E-state index in [1.807, 2.05) is 0 Å². The number of esters is 1. The average Bonchev–Trinajstić information content (AvgIpc) is 2.00. The molecule has 0 aliphatic heterocycles. The molecule has 0 unspecified atom stereocenters. The van der Waals surface area contributed by atoms with Crippen molar-refractivity contribution in [2.24, 2.45) is 5.92 Å². The van der Waals surface area contributed by atoms with Crippen molar-refractivity contribution in [3.05, 3.63) is 0 Å². The summed E-state index contributed by atoms with van der Waals surface area (Å²) >= 11 is 0. The smallest absolute Gasteiger partial charge is 0.302 e. The van der Waals surface area contributed by atoms with E-state index in [0.717, 1.165) is 19.3 Å². The number of aliphatic hydroxyl groups excluding tert-OH is 1. The zero-order chi connectivity index (χ0) is 9.40. The van der Waals surface area contributed by atoms with Crippen LogP contribution in [0, 0.1) is 5.92 Å². The summed E-state index contributed by atoms with van der Waals surface area (Å²) in [5, 5.41) is 8.54. The number of aliphatic hydroxyl groups is 1. The minimum atomic E-state index is -0.218. The Labute approximate surface area is 73.7 Å². The Balaban J connectivity index is 3.19. The molecule has 0 rings (SSSR count). The minimum Gasteiger partial charge on any atom is -0.466 e. The zero-order valence-corrected chi connectivity index (χ0v) is 7.88. The van der Waals surface area contributed by atoms with Crippen LogP contribution >= 0.6 is 0 Å². The number of hydrogen-bond donors (Lipinski definition) is 1. The van der Waals surface area contributed by atoms with E-state index in [2.05, 4.69) is 6.92 Å². The standard InChI is InChI=1S/C9H18O3/c1-8(4-3-6-10)5-7-12-9(2)11/h8,10H,3-7H2,1-2H3/t8-/m0/s1. The Morgan fingerprint density at radius 3 is 2.67 bits per heavy atom. The van der Waals surface area contributed by atoms with Crippen LogP contribution in [0.25, 0.3) is 0 Å². The van der Waals surface area contributed by atoms with Gasteiger partial charge in [-0.15, -0.1) is 0 Å². The molecular formula is C9H18O3. The van der Waals surface area contributed by atoms with Crippen molar-refractivity contribution in [3.63, 3.8) is 0 Å². The normalized spacial score (nSPS) is 12.6. The third-order valence-electron chi connectivity index (χ3n) is 1.77. The van der Waals surface area contributed by atoms with Gasteiger partial charge in [0.1, 0.15) is 0 Å². The molecular weight excluding hydrogens is 156 g/mol. The maximum absolute atomic E-state index is 10.4. The van der Waals surface area contributed by atoms with Crippen LogP contribution in [0.1, 0.15) is 33.1 Å². The Bertz CT molecular complexity index is 123. The van der Waals surface area contributed by atoms with Crippen molar-refractivity contribution < 1.29 is 14.6 Å². The second-order valence-electron chi connectivity index (χ2n) is 3.10. The van der Waals surface area contributed by atoms with Crippen molar-refractivity contribution in [2.45, 2.75) is 33.1 Å². The van der Waals surface area contributed by atoms with Crippen LogP contribution in [-0.2, 0) is 9.53 Å². The number of ether oxygens (including phenoxy) is 1. The fraction of sp³-hybridized carbons (Fsp3) is 0.889. The number of hydrogen-bond acceptors (Lipinski definition) is 3. The van der Waals surface area contributed by atoms with E-state index in [0.29, 0.717) is 12.5 Å². The first-order chi connectivity index (χ1) is 5.66. The van der Waals surface area contributed by atoms with Gasteiger partial charge in [0.05, 0.1) is 6.61 Å². The van der Waals surface area contributed by atoms with E-state index >= 15 is 0 Å². The van der Waals surface area contributed by atoms with Gasteiger partial charge in [-0.2, -0.15) is 0 Å². The van der Waals surface area contributed by atoms with Crippen LogP contribution < -0.4 is 0 Å². The second-order valence-corrected chi connectivity index (χ2v) is 3.10. The molecule has 0 fully saturated rings. The molecule has 0 aliphatic rings. The van der Waals surface area contributed by atoms with Gasteiger partial charge in [0.2, 0.25) is 0 Å². The monoisotopic (exact) mass is 174 g/mol. The summed E-state index contributed by atoms with van der Waals surface area (Å²) < 4.78 is 4.79. The molecule has 3 nitrogen and oxygen atoms in total. The van der Waals surface area contributed by atoms with Gasteiger partial charge in [-0.05, 0) is 25.2 Å². The molecule has 0 saturated heterocycles. The summed E-state index contributed by atoms with van der Waals surface area (Å²) in [6.45, 7) is 4.26. The van der Waals surface area contributed by atoms with Crippen molar-refractivity contribution in [3.8, 4) is 0 Å². The SMILES string of the molecule is CC(=O)OCC[C@@H](C)CCCO. The third kappa shape index (κ3) is 7.54. The van der Waals surface area contributed by atoms with Gasteiger partial charge in [-0.3, -0.25) is 4.79 Å². The van der Waals surface area contributed by atoms with Gasteiger partial charge in [-0.1, -0.05) is 6.92 Å². The van der Waals surface area contributed by atoms with E-state index < -0.39 is 0 Å². The summed E-state index contributed by atoms with van der Waals surface area (Å²) in [5.74, 6) is 0.306. The van der Waals surface area contributed by atoms with Crippen LogP contribution in [0.2, 0.25) is 0 Å². The van der Waals surface area contributed by atoms with Crippen LogP contribution in [0.15, 0.2) is 0 Å². The lowest BCUT2D eigenvalue weighted by Gasteiger charge is -2.09. The average molecular weight is 174 g/mol.